The van der Waals surface area contributed by atoms with Gasteiger partial charge in [-0.2, -0.15) is 5.10 Å². The minimum atomic E-state index is 0.164. The molecule has 0 radical (unpaired) electrons. The molecule has 0 aliphatic rings. The lowest BCUT2D eigenvalue weighted by atomic mass is 10.00. The minimum absolute atomic E-state index is 0.164. The van der Waals surface area contributed by atoms with Crippen LogP contribution in [0.4, 0.5) is 0 Å². The first-order valence-electron chi connectivity index (χ1n) is 6.28. The zero-order valence-corrected chi connectivity index (χ0v) is 11.4. The van der Waals surface area contributed by atoms with Gasteiger partial charge in [-0.05, 0) is 32.0 Å². The molecule has 0 fully saturated rings. The minimum Gasteiger partial charge on any atom is -0.306 e. The molecule has 0 bridgehead atoms. The van der Waals surface area contributed by atoms with Crippen LogP contribution in [0.3, 0.4) is 0 Å². The quantitative estimate of drug-likeness (QED) is 0.896. The van der Waals surface area contributed by atoms with Crippen LogP contribution in [0.2, 0.25) is 0 Å². The molecule has 0 aliphatic carbocycles. The summed E-state index contributed by atoms with van der Waals surface area (Å²) in [5.41, 5.74) is 4.52. The van der Waals surface area contributed by atoms with Crippen LogP contribution in [0.15, 0.2) is 24.5 Å². The Bertz CT molecular complexity index is 530. The van der Waals surface area contributed by atoms with E-state index in [4.69, 9.17) is 0 Å². The van der Waals surface area contributed by atoms with Gasteiger partial charge in [-0.3, -0.25) is 9.67 Å². The number of nitrogens with one attached hydrogen (secondary N) is 1. The summed E-state index contributed by atoms with van der Waals surface area (Å²) in [6.07, 6.45) is 3.96. The van der Waals surface area contributed by atoms with Gasteiger partial charge in [-0.1, -0.05) is 13.0 Å². The Hall–Kier alpha value is -1.68. The van der Waals surface area contributed by atoms with E-state index in [1.807, 2.05) is 31.0 Å². The van der Waals surface area contributed by atoms with Gasteiger partial charge in [0, 0.05) is 30.2 Å². The van der Waals surface area contributed by atoms with Crippen LogP contribution in [0.25, 0.3) is 0 Å². The van der Waals surface area contributed by atoms with E-state index in [0.29, 0.717) is 0 Å². The van der Waals surface area contributed by atoms with E-state index in [9.17, 15) is 0 Å². The summed E-state index contributed by atoms with van der Waals surface area (Å²) in [6, 6.07) is 4.37. The number of nitrogens with zero attached hydrogens (tertiary/aromatic N) is 3. The van der Waals surface area contributed by atoms with Crippen molar-refractivity contribution < 1.29 is 0 Å². The van der Waals surface area contributed by atoms with E-state index in [1.165, 1.54) is 11.1 Å². The highest BCUT2D eigenvalue weighted by Crippen LogP contribution is 2.23. The molecular weight excluding hydrogens is 224 g/mol. The molecule has 2 aromatic heterocycles. The topological polar surface area (TPSA) is 42.7 Å². The molecule has 4 nitrogen and oxygen atoms in total. The number of aromatic nitrogens is 3. The van der Waals surface area contributed by atoms with Gasteiger partial charge in [0.2, 0.25) is 0 Å². The Morgan fingerprint density at radius 2 is 2.11 bits per heavy atom. The van der Waals surface area contributed by atoms with Crippen LogP contribution in [-0.4, -0.2) is 21.3 Å². The number of pyridine rings is 1. The molecule has 2 aromatic rings. The first-order chi connectivity index (χ1) is 8.61. The second kappa shape index (κ2) is 5.31. The van der Waals surface area contributed by atoms with Crippen molar-refractivity contribution in [1.82, 2.24) is 20.1 Å². The molecule has 0 aliphatic heterocycles. The average molecular weight is 244 g/mol. The summed E-state index contributed by atoms with van der Waals surface area (Å²) >= 11 is 0. The third-order valence-electron chi connectivity index (χ3n) is 3.04. The molecule has 18 heavy (non-hydrogen) atoms. The molecule has 4 heteroatoms. The molecule has 96 valence electrons. The number of aryl methyl sites for hydroxylation is 3. The van der Waals surface area contributed by atoms with Crippen molar-refractivity contribution >= 4 is 0 Å². The van der Waals surface area contributed by atoms with Crippen molar-refractivity contribution in [3.63, 3.8) is 0 Å². The van der Waals surface area contributed by atoms with Crippen molar-refractivity contribution in [2.24, 2.45) is 7.05 Å². The van der Waals surface area contributed by atoms with Gasteiger partial charge in [-0.25, -0.2) is 0 Å². The monoisotopic (exact) mass is 244 g/mol. The maximum Gasteiger partial charge on any atom is 0.0625 e. The average Bonchev–Trinajstić information content (AvgIpc) is 2.73. The lowest BCUT2D eigenvalue weighted by Gasteiger charge is -2.18. The van der Waals surface area contributed by atoms with Gasteiger partial charge in [0.1, 0.15) is 0 Å². The second-order valence-corrected chi connectivity index (χ2v) is 4.57. The molecule has 1 atom stereocenters. The summed E-state index contributed by atoms with van der Waals surface area (Å²) in [4.78, 5) is 4.54. The van der Waals surface area contributed by atoms with E-state index in [-0.39, 0.29) is 6.04 Å². The molecular formula is C14H20N4. The molecule has 2 rings (SSSR count). The maximum absolute atomic E-state index is 4.54. The molecule has 0 amide bonds. The molecule has 0 saturated carbocycles. The van der Waals surface area contributed by atoms with E-state index in [0.717, 1.165) is 17.9 Å². The van der Waals surface area contributed by atoms with Gasteiger partial charge < -0.3 is 5.32 Å². The fourth-order valence-electron chi connectivity index (χ4n) is 2.20. The van der Waals surface area contributed by atoms with Crippen molar-refractivity contribution in [2.45, 2.75) is 26.8 Å². The van der Waals surface area contributed by atoms with Crippen LogP contribution in [-0.2, 0) is 7.05 Å². The zero-order chi connectivity index (χ0) is 13.1. The van der Waals surface area contributed by atoms with Crippen LogP contribution < -0.4 is 5.32 Å². The number of hydrogen-bond donors (Lipinski definition) is 1. The first kappa shape index (κ1) is 12.8. The van der Waals surface area contributed by atoms with Crippen molar-refractivity contribution in [1.29, 1.82) is 0 Å². The van der Waals surface area contributed by atoms with Crippen LogP contribution in [0, 0.1) is 13.8 Å². The van der Waals surface area contributed by atoms with Gasteiger partial charge in [0.25, 0.3) is 0 Å². The van der Waals surface area contributed by atoms with Gasteiger partial charge in [0.15, 0.2) is 0 Å². The highest BCUT2D eigenvalue weighted by molar-refractivity contribution is 5.32. The van der Waals surface area contributed by atoms with Crippen LogP contribution in [0.5, 0.6) is 0 Å². The van der Waals surface area contributed by atoms with Gasteiger partial charge in [-0.15, -0.1) is 0 Å². The summed E-state index contributed by atoms with van der Waals surface area (Å²) in [5, 5.41) is 7.74. The summed E-state index contributed by atoms with van der Waals surface area (Å²) in [6.45, 7) is 7.10. The smallest absolute Gasteiger partial charge is 0.0625 e. The lowest BCUT2D eigenvalue weighted by molar-refractivity contribution is 0.623. The highest BCUT2D eigenvalue weighted by atomic mass is 15.2. The summed E-state index contributed by atoms with van der Waals surface area (Å²) < 4.78 is 1.83. The predicted octanol–water partition coefficient (Wildman–Crippen LogP) is 2.13. The Kier molecular flexibility index (Phi) is 3.77. The van der Waals surface area contributed by atoms with E-state index < -0.39 is 0 Å². The van der Waals surface area contributed by atoms with Crippen molar-refractivity contribution in [3.8, 4) is 0 Å². The second-order valence-electron chi connectivity index (χ2n) is 4.57. The number of rotatable bonds is 4. The van der Waals surface area contributed by atoms with Crippen molar-refractivity contribution in [2.75, 3.05) is 6.54 Å². The molecule has 0 saturated heterocycles. The normalized spacial score (nSPS) is 12.7. The predicted molar refractivity (Wildman–Crippen MR) is 72.4 cm³/mol. The highest BCUT2D eigenvalue weighted by Gasteiger charge is 2.17. The van der Waals surface area contributed by atoms with E-state index in [1.54, 1.807) is 0 Å². The molecule has 1 N–H and O–H groups in total. The van der Waals surface area contributed by atoms with Gasteiger partial charge >= 0.3 is 0 Å². The van der Waals surface area contributed by atoms with Crippen LogP contribution >= 0.6 is 0 Å². The molecule has 0 aromatic carbocycles. The standard InChI is InChI=1S/C14H20N4/c1-5-15-14(12-8-16-18(4)9-12)13-7-6-10(2)17-11(13)3/h6-9,14-15H,5H2,1-4H3. The van der Waals surface area contributed by atoms with E-state index >= 15 is 0 Å². The third kappa shape index (κ3) is 2.59. The molecule has 1 unspecified atom stereocenters. The Morgan fingerprint density at radius 3 is 2.67 bits per heavy atom. The maximum atomic E-state index is 4.54. The van der Waals surface area contributed by atoms with Crippen molar-refractivity contribution in [3.05, 3.63) is 47.0 Å². The zero-order valence-electron chi connectivity index (χ0n) is 11.4. The fourth-order valence-corrected chi connectivity index (χ4v) is 2.20. The van der Waals surface area contributed by atoms with E-state index in [2.05, 4.69) is 41.4 Å². The Morgan fingerprint density at radius 1 is 1.33 bits per heavy atom. The molecule has 0 spiro atoms. The molecule has 2 heterocycles. The SMILES string of the molecule is CCNC(c1cnn(C)c1)c1ccc(C)nc1C. The summed E-state index contributed by atoms with van der Waals surface area (Å²) in [5.74, 6) is 0. The Balaban J connectivity index is 2.41. The Labute approximate surface area is 108 Å². The lowest BCUT2D eigenvalue weighted by Crippen LogP contribution is -2.22. The summed E-state index contributed by atoms with van der Waals surface area (Å²) in [7, 11) is 1.94. The number of hydrogen-bond acceptors (Lipinski definition) is 3. The van der Waals surface area contributed by atoms with Crippen LogP contribution in [0.1, 0.15) is 35.5 Å². The largest absolute Gasteiger partial charge is 0.306 e. The first-order valence-corrected chi connectivity index (χ1v) is 6.28. The van der Waals surface area contributed by atoms with Gasteiger partial charge in [0.05, 0.1) is 12.2 Å². The fraction of sp³-hybridized carbons (Fsp3) is 0.429. The third-order valence-corrected chi connectivity index (χ3v) is 3.04.